The molecule has 1 aliphatic rings. The zero-order chi connectivity index (χ0) is 20.4. The third-order valence-electron chi connectivity index (χ3n) is 3.63. The highest BCUT2D eigenvalue weighted by Crippen LogP contribution is 2.33. The van der Waals surface area contributed by atoms with Gasteiger partial charge < -0.3 is 9.15 Å². The summed E-state index contributed by atoms with van der Waals surface area (Å²) >= 11 is 6.48. The number of hydrogen-bond donors (Lipinski definition) is 0. The van der Waals surface area contributed by atoms with Crippen molar-refractivity contribution in [1.29, 1.82) is 0 Å². The molecule has 9 heteroatoms. The van der Waals surface area contributed by atoms with Crippen molar-refractivity contribution in [2.24, 2.45) is 0 Å². The summed E-state index contributed by atoms with van der Waals surface area (Å²) in [5, 5.41) is -0.598. The molecular weight excluding hydrogens is 409 g/mol. The van der Waals surface area contributed by atoms with Crippen molar-refractivity contribution in [2.75, 3.05) is 6.54 Å². The first-order valence-corrected chi connectivity index (χ1v) is 9.44. The Morgan fingerprint density at radius 2 is 2.07 bits per heavy atom. The van der Waals surface area contributed by atoms with Crippen LogP contribution in [0.1, 0.15) is 19.6 Å². The Labute approximate surface area is 169 Å². The molecule has 0 saturated carbocycles. The first-order valence-electron chi connectivity index (χ1n) is 8.24. The van der Waals surface area contributed by atoms with Gasteiger partial charge in [0.2, 0.25) is 0 Å². The fourth-order valence-corrected chi connectivity index (χ4v) is 3.43. The number of halogens is 2. The summed E-state index contributed by atoms with van der Waals surface area (Å²) in [4.78, 5) is 37.1. The van der Waals surface area contributed by atoms with E-state index >= 15 is 0 Å². The van der Waals surface area contributed by atoms with Crippen LogP contribution in [0.25, 0.3) is 17.4 Å². The van der Waals surface area contributed by atoms with E-state index in [1.54, 1.807) is 26.0 Å². The maximum Gasteiger partial charge on any atom is 0.326 e. The normalized spacial score (nSPS) is 15.8. The van der Waals surface area contributed by atoms with Crippen LogP contribution in [0, 0.1) is 5.82 Å². The number of carbonyl (C=O) groups excluding carboxylic acids is 3. The van der Waals surface area contributed by atoms with Gasteiger partial charge in [0.15, 0.2) is 0 Å². The number of thioether (sulfide) groups is 1. The van der Waals surface area contributed by atoms with Gasteiger partial charge in [0.05, 0.1) is 16.0 Å². The Bertz CT molecular complexity index is 984. The summed E-state index contributed by atoms with van der Waals surface area (Å²) in [5.74, 6) is -1.05. The maximum atomic E-state index is 13.3. The molecule has 0 N–H and O–H groups in total. The van der Waals surface area contributed by atoms with Gasteiger partial charge in [-0.15, -0.1) is 0 Å². The summed E-state index contributed by atoms with van der Waals surface area (Å²) in [6, 6.07) is 7.40. The molecule has 0 spiro atoms. The van der Waals surface area contributed by atoms with E-state index < -0.39 is 29.5 Å². The van der Waals surface area contributed by atoms with Crippen molar-refractivity contribution in [1.82, 2.24) is 4.90 Å². The molecule has 6 nitrogen and oxygen atoms in total. The molecule has 0 aliphatic carbocycles. The molecule has 3 rings (SSSR count). The number of furan rings is 1. The van der Waals surface area contributed by atoms with Crippen molar-refractivity contribution in [3.63, 3.8) is 0 Å². The second kappa shape index (κ2) is 8.20. The van der Waals surface area contributed by atoms with Crippen molar-refractivity contribution in [2.45, 2.75) is 20.0 Å². The maximum absolute atomic E-state index is 13.3. The molecule has 28 heavy (non-hydrogen) atoms. The number of esters is 1. The Kier molecular flexibility index (Phi) is 5.90. The number of nitrogens with zero attached hydrogens (tertiary/aromatic N) is 1. The van der Waals surface area contributed by atoms with Gasteiger partial charge in [-0.05, 0) is 55.9 Å². The monoisotopic (exact) mass is 423 g/mol. The average molecular weight is 424 g/mol. The van der Waals surface area contributed by atoms with Crippen LogP contribution in [0.4, 0.5) is 9.18 Å². The van der Waals surface area contributed by atoms with Crippen molar-refractivity contribution >= 4 is 46.6 Å². The number of benzene rings is 1. The molecule has 1 aromatic heterocycles. The lowest BCUT2D eigenvalue weighted by Crippen LogP contribution is -2.35. The van der Waals surface area contributed by atoms with Gasteiger partial charge in [-0.2, -0.15) is 0 Å². The number of ether oxygens (including phenoxy) is 1. The Morgan fingerprint density at radius 1 is 1.32 bits per heavy atom. The third kappa shape index (κ3) is 4.45. The van der Waals surface area contributed by atoms with Crippen LogP contribution in [-0.4, -0.2) is 34.7 Å². The van der Waals surface area contributed by atoms with Gasteiger partial charge in [-0.25, -0.2) is 4.39 Å². The van der Waals surface area contributed by atoms with Gasteiger partial charge in [0, 0.05) is 11.6 Å². The molecule has 1 fully saturated rings. The first kappa shape index (κ1) is 20.2. The van der Waals surface area contributed by atoms with Crippen LogP contribution in [0.15, 0.2) is 39.7 Å². The molecule has 0 atom stereocenters. The Balaban J connectivity index is 1.76. The second-order valence-corrected chi connectivity index (χ2v) is 7.54. The topological polar surface area (TPSA) is 76.8 Å². The van der Waals surface area contributed by atoms with Gasteiger partial charge in [-0.1, -0.05) is 11.6 Å². The van der Waals surface area contributed by atoms with E-state index in [0.29, 0.717) is 28.8 Å². The summed E-state index contributed by atoms with van der Waals surface area (Å²) in [7, 11) is 0. The van der Waals surface area contributed by atoms with E-state index in [1.807, 2.05) is 0 Å². The fraction of sp³-hybridized carbons (Fsp3) is 0.211. The summed E-state index contributed by atoms with van der Waals surface area (Å²) in [5.41, 5.74) is 0.565. The predicted molar refractivity (Wildman–Crippen MR) is 103 cm³/mol. The minimum atomic E-state index is -0.660. The number of rotatable bonds is 5. The Hall–Kier alpha value is -2.58. The molecular formula is C19H15ClFNO5S. The largest absolute Gasteiger partial charge is 0.462 e. The van der Waals surface area contributed by atoms with E-state index in [4.69, 9.17) is 20.8 Å². The van der Waals surface area contributed by atoms with E-state index in [0.717, 1.165) is 4.90 Å². The third-order valence-corrected chi connectivity index (χ3v) is 4.83. The highest BCUT2D eigenvalue weighted by molar-refractivity contribution is 8.18. The second-order valence-electron chi connectivity index (χ2n) is 6.14. The van der Waals surface area contributed by atoms with E-state index in [2.05, 4.69) is 0 Å². The molecule has 0 radical (unpaired) electrons. The molecule has 146 valence electrons. The van der Waals surface area contributed by atoms with Crippen molar-refractivity contribution < 1.29 is 27.9 Å². The standard InChI is InChI=1S/C19H15ClFNO5S/c1-10(2)26-17(23)9-22-18(24)16(28-19(22)25)8-12-4-6-15(27-12)11-3-5-14(21)13(20)7-11/h3-8,10H,9H2,1-2H3/b16-8-. The summed E-state index contributed by atoms with van der Waals surface area (Å²) < 4.78 is 23.9. The highest BCUT2D eigenvalue weighted by Gasteiger charge is 2.37. The number of amides is 2. The quantitative estimate of drug-likeness (QED) is 0.511. The lowest BCUT2D eigenvalue weighted by Gasteiger charge is -2.13. The molecule has 1 aromatic carbocycles. The molecule has 1 saturated heterocycles. The molecule has 2 aromatic rings. The minimum absolute atomic E-state index is 0.0372. The molecule has 2 amide bonds. The number of hydrogen-bond acceptors (Lipinski definition) is 6. The van der Waals surface area contributed by atoms with Crippen molar-refractivity contribution in [3.05, 3.63) is 51.8 Å². The highest BCUT2D eigenvalue weighted by atomic mass is 35.5. The van der Waals surface area contributed by atoms with Gasteiger partial charge >= 0.3 is 5.97 Å². The molecule has 2 heterocycles. The average Bonchev–Trinajstić information content (AvgIpc) is 3.17. The predicted octanol–water partition coefficient (Wildman–Crippen LogP) is 4.73. The van der Waals surface area contributed by atoms with E-state index in [9.17, 15) is 18.8 Å². The van der Waals surface area contributed by atoms with Gasteiger partial charge in [0.25, 0.3) is 11.1 Å². The van der Waals surface area contributed by atoms with Crippen LogP contribution in [-0.2, 0) is 14.3 Å². The summed E-state index contributed by atoms with van der Waals surface area (Å²) in [6.45, 7) is 2.90. The van der Waals surface area contributed by atoms with Crippen LogP contribution >= 0.6 is 23.4 Å². The van der Waals surface area contributed by atoms with Crippen LogP contribution in [0.2, 0.25) is 5.02 Å². The van der Waals surface area contributed by atoms with Crippen molar-refractivity contribution in [3.8, 4) is 11.3 Å². The van der Waals surface area contributed by atoms with Gasteiger partial charge in [0.1, 0.15) is 23.9 Å². The minimum Gasteiger partial charge on any atom is -0.462 e. The SMILES string of the molecule is CC(C)OC(=O)CN1C(=O)S/C(=C\c2ccc(-c3ccc(F)c(Cl)c3)o2)C1=O. The Morgan fingerprint density at radius 3 is 2.75 bits per heavy atom. The summed E-state index contributed by atoms with van der Waals surface area (Å²) in [6.07, 6.45) is 1.07. The van der Waals surface area contributed by atoms with Crippen LogP contribution < -0.4 is 0 Å². The van der Waals surface area contributed by atoms with E-state index in [-0.39, 0.29) is 16.0 Å². The number of imide groups is 1. The zero-order valence-electron chi connectivity index (χ0n) is 14.9. The van der Waals surface area contributed by atoms with Crippen LogP contribution in [0.3, 0.4) is 0 Å². The zero-order valence-corrected chi connectivity index (χ0v) is 16.5. The molecule has 0 unspecified atom stereocenters. The smallest absolute Gasteiger partial charge is 0.326 e. The molecule has 0 bridgehead atoms. The number of carbonyl (C=O) groups is 3. The first-order chi connectivity index (χ1) is 13.2. The van der Waals surface area contributed by atoms with E-state index in [1.165, 1.54) is 24.3 Å². The fourth-order valence-electron chi connectivity index (χ4n) is 2.43. The van der Waals surface area contributed by atoms with Crippen LogP contribution in [0.5, 0.6) is 0 Å². The van der Waals surface area contributed by atoms with Gasteiger partial charge in [-0.3, -0.25) is 19.3 Å². The lowest BCUT2D eigenvalue weighted by atomic mass is 10.2. The lowest BCUT2D eigenvalue weighted by molar-refractivity contribution is -0.149. The molecule has 1 aliphatic heterocycles.